The predicted molar refractivity (Wildman–Crippen MR) is 125 cm³/mol. The molecule has 2 N–H and O–H groups in total. The number of ether oxygens (including phenoxy) is 2. The van der Waals surface area contributed by atoms with Crippen LogP contribution in [0.3, 0.4) is 0 Å². The number of carbonyl (C=O) groups is 1. The molecule has 0 radical (unpaired) electrons. The van der Waals surface area contributed by atoms with Crippen molar-refractivity contribution in [2.75, 3.05) is 19.5 Å². The minimum Gasteiger partial charge on any atom is -0.467 e. The number of fused-ring (bicyclic) bond motifs is 3. The highest BCUT2D eigenvalue weighted by Crippen LogP contribution is 2.33. The molecule has 1 aliphatic rings. The number of nitrogens with zero attached hydrogens (tertiary/aromatic N) is 5. The van der Waals surface area contributed by atoms with Gasteiger partial charge in [0.2, 0.25) is 0 Å². The van der Waals surface area contributed by atoms with E-state index in [1.54, 1.807) is 17.1 Å². The fraction of sp³-hybridized carbons (Fsp3) is 0.417. The standard InChI is InChI=1S/C24H28N6O3/c1-14(2)22(24(31)32-3)29-13-17-21(28-29)16-8-7-15(12-18(16)27-23(17)25)19-9-10-26-30(19)20-6-4-5-11-33-20/h7-10,12-14,20,22H,4-6,11H2,1-3H3,(H2,25,27). The molecule has 1 aliphatic heterocycles. The first-order valence-electron chi connectivity index (χ1n) is 11.3. The third-order valence-electron chi connectivity index (χ3n) is 6.26. The topological polar surface area (TPSA) is 110 Å². The van der Waals surface area contributed by atoms with Gasteiger partial charge in [-0.2, -0.15) is 10.2 Å². The Morgan fingerprint density at radius 1 is 1.24 bits per heavy atom. The van der Waals surface area contributed by atoms with Gasteiger partial charge in [0.25, 0.3) is 0 Å². The summed E-state index contributed by atoms with van der Waals surface area (Å²) >= 11 is 0. The molecule has 172 valence electrons. The van der Waals surface area contributed by atoms with E-state index in [0.717, 1.165) is 48.0 Å². The van der Waals surface area contributed by atoms with E-state index in [-0.39, 0.29) is 18.1 Å². The first-order chi connectivity index (χ1) is 16.0. The van der Waals surface area contributed by atoms with Gasteiger partial charge >= 0.3 is 5.97 Å². The SMILES string of the molecule is COC(=O)C(C(C)C)n1cc2c(N)nc3cc(-c4ccnn4C4CCCCO4)ccc3c2n1. The number of methoxy groups -OCH3 is 1. The van der Waals surface area contributed by atoms with Crippen LogP contribution in [0, 0.1) is 5.92 Å². The van der Waals surface area contributed by atoms with Crippen molar-refractivity contribution >= 4 is 33.6 Å². The van der Waals surface area contributed by atoms with E-state index in [0.29, 0.717) is 16.7 Å². The second-order valence-electron chi connectivity index (χ2n) is 8.79. The third-order valence-corrected chi connectivity index (χ3v) is 6.26. The van der Waals surface area contributed by atoms with Gasteiger partial charge in [-0.15, -0.1) is 0 Å². The Balaban J connectivity index is 1.60. The molecule has 3 aromatic heterocycles. The zero-order valence-electron chi connectivity index (χ0n) is 19.1. The van der Waals surface area contributed by atoms with Gasteiger partial charge in [0.15, 0.2) is 12.3 Å². The van der Waals surface area contributed by atoms with Crippen molar-refractivity contribution in [3.63, 3.8) is 0 Å². The number of rotatable bonds is 5. The highest BCUT2D eigenvalue weighted by atomic mass is 16.5. The van der Waals surface area contributed by atoms with E-state index in [2.05, 4.69) is 10.1 Å². The fourth-order valence-corrected chi connectivity index (χ4v) is 4.59. The van der Waals surface area contributed by atoms with Gasteiger partial charge < -0.3 is 15.2 Å². The van der Waals surface area contributed by atoms with Crippen LogP contribution in [-0.4, -0.2) is 44.2 Å². The highest BCUT2D eigenvalue weighted by Gasteiger charge is 2.27. The number of aromatic nitrogens is 5. The van der Waals surface area contributed by atoms with E-state index in [4.69, 9.17) is 20.3 Å². The molecule has 0 aliphatic carbocycles. The molecule has 9 heteroatoms. The molecule has 2 atom stereocenters. The average molecular weight is 449 g/mol. The van der Waals surface area contributed by atoms with E-state index >= 15 is 0 Å². The number of esters is 1. The van der Waals surface area contributed by atoms with Gasteiger partial charge in [0, 0.05) is 30.0 Å². The van der Waals surface area contributed by atoms with Gasteiger partial charge in [-0.3, -0.25) is 4.68 Å². The molecule has 0 spiro atoms. The summed E-state index contributed by atoms with van der Waals surface area (Å²) in [7, 11) is 1.39. The lowest BCUT2D eigenvalue weighted by atomic mass is 10.1. The number of nitrogens with two attached hydrogens (primary N) is 1. The Kier molecular flexibility index (Phi) is 5.49. The van der Waals surface area contributed by atoms with Gasteiger partial charge in [-0.1, -0.05) is 19.9 Å². The van der Waals surface area contributed by atoms with Crippen molar-refractivity contribution in [3.05, 3.63) is 36.7 Å². The van der Waals surface area contributed by atoms with E-state index in [1.165, 1.54) is 7.11 Å². The Hall–Kier alpha value is -3.46. The smallest absolute Gasteiger partial charge is 0.330 e. The summed E-state index contributed by atoms with van der Waals surface area (Å²) in [6.07, 6.45) is 6.68. The molecular weight excluding hydrogens is 420 g/mol. The van der Waals surface area contributed by atoms with Crippen LogP contribution >= 0.6 is 0 Å². The number of nitrogen functional groups attached to an aromatic ring is 1. The molecule has 1 saturated heterocycles. The maximum atomic E-state index is 12.4. The zero-order valence-corrected chi connectivity index (χ0v) is 19.1. The van der Waals surface area contributed by atoms with Crippen molar-refractivity contribution in [2.24, 2.45) is 5.92 Å². The Bertz CT molecular complexity index is 1320. The number of anilines is 1. The third kappa shape index (κ3) is 3.72. The second-order valence-corrected chi connectivity index (χ2v) is 8.79. The summed E-state index contributed by atoms with van der Waals surface area (Å²) in [6.45, 7) is 4.67. The average Bonchev–Trinajstić information content (AvgIpc) is 3.47. The lowest BCUT2D eigenvalue weighted by molar-refractivity contribution is -0.146. The molecule has 0 saturated carbocycles. The highest BCUT2D eigenvalue weighted by molar-refractivity contribution is 6.08. The van der Waals surface area contributed by atoms with Crippen LogP contribution in [0.4, 0.5) is 5.82 Å². The summed E-state index contributed by atoms with van der Waals surface area (Å²) in [5, 5.41) is 10.8. The summed E-state index contributed by atoms with van der Waals surface area (Å²) in [6, 6.07) is 7.48. The molecule has 33 heavy (non-hydrogen) atoms. The molecule has 1 fully saturated rings. The monoisotopic (exact) mass is 448 g/mol. The maximum Gasteiger partial charge on any atom is 0.330 e. The summed E-state index contributed by atoms with van der Waals surface area (Å²) in [5.41, 5.74) is 9.72. The molecule has 9 nitrogen and oxygen atoms in total. The summed E-state index contributed by atoms with van der Waals surface area (Å²) in [5.74, 6) is 0.0348. The van der Waals surface area contributed by atoms with E-state index in [9.17, 15) is 4.79 Å². The van der Waals surface area contributed by atoms with Crippen molar-refractivity contribution in [2.45, 2.75) is 45.4 Å². The Morgan fingerprint density at radius 3 is 2.82 bits per heavy atom. The van der Waals surface area contributed by atoms with Crippen molar-refractivity contribution < 1.29 is 14.3 Å². The van der Waals surface area contributed by atoms with Gasteiger partial charge in [-0.05, 0) is 43.4 Å². The van der Waals surface area contributed by atoms with Crippen LogP contribution in [0.2, 0.25) is 0 Å². The van der Waals surface area contributed by atoms with Crippen LogP contribution in [0.25, 0.3) is 33.1 Å². The molecular formula is C24H28N6O3. The fourth-order valence-electron chi connectivity index (χ4n) is 4.59. The van der Waals surface area contributed by atoms with Crippen LogP contribution in [0.15, 0.2) is 36.7 Å². The number of carbonyl (C=O) groups excluding carboxylic acids is 1. The van der Waals surface area contributed by atoms with Crippen molar-refractivity contribution in [1.82, 2.24) is 24.5 Å². The van der Waals surface area contributed by atoms with Crippen molar-refractivity contribution in [1.29, 1.82) is 0 Å². The predicted octanol–water partition coefficient (Wildman–Crippen LogP) is 4.10. The molecule has 1 aromatic carbocycles. The minimum atomic E-state index is -0.541. The van der Waals surface area contributed by atoms with Crippen LogP contribution < -0.4 is 5.73 Å². The lowest BCUT2D eigenvalue weighted by Crippen LogP contribution is -2.26. The normalized spacial score (nSPS) is 17.6. The van der Waals surface area contributed by atoms with Gasteiger partial charge in [0.05, 0.1) is 23.7 Å². The first-order valence-corrected chi connectivity index (χ1v) is 11.3. The molecule has 5 rings (SSSR count). The largest absolute Gasteiger partial charge is 0.467 e. The number of pyridine rings is 1. The van der Waals surface area contributed by atoms with Crippen LogP contribution in [0.1, 0.15) is 45.4 Å². The van der Waals surface area contributed by atoms with Crippen molar-refractivity contribution in [3.8, 4) is 11.3 Å². The van der Waals surface area contributed by atoms with Crippen LogP contribution in [0.5, 0.6) is 0 Å². The molecule has 0 bridgehead atoms. The Labute approximate surface area is 191 Å². The quantitative estimate of drug-likeness (QED) is 0.458. The van der Waals surface area contributed by atoms with E-state index in [1.807, 2.05) is 42.8 Å². The molecule has 4 aromatic rings. The molecule has 4 heterocycles. The minimum absolute atomic E-state index is 0.00102. The second kappa shape index (κ2) is 8.47. The lowest BCUT2D eigenvalue weighted by Gasteiger charge is -2.24. The molecule has 2 unspecified atom stereocenters. The number of benzene rings is 1. The first kappa shape index (κ1) is 21.4. The molecule has 0 amide bonds. The van der Waals surface area contributed by atoms with Gasteiger partial charge in [-0.25, -0.2) is 14.5 Å². The zero-order chi connectivity index (χ0) is 23.1. The maximum absolute atomic E-state index is 12.4. The summed E-state index contributed by atoms with van der Waals surface area (Å²) in [4.78, 5) is 17.0. The summed E-state index contributed by atoms with van der Waals surface area (Å²) < 4.78 is 14.5. The number of hydrogen-bond donors (Lipinski definition) is 1. The number of hydrogen-bond acceptors (Lipinski definition) is 7. The Morgan fingerprint density at radius 2 is 2.09 bits per heavy atom. The van der Waals surface area contributed by atoms with Crippen LogP contribution in [-0.2, 0) is 14.3 Å². The van der Waals surface area contributed by atoms with E-state index < -0.39 is 6.04 Å². The van der Waals surface area contributed by atoms with Gasteiger partial charge in [0.1, 0.15) is 11.3 Å².